The van der Waals surface area contributed by atoms with Crippen LogP contribution in [0.25, 0.3) is 0 Å². The topological polar surface area (TPSA) is 0 Å². The van der Waals surface area contributed by atoms with E-state index < -0.39 is 0 Å². The fourth-order valence-electron chi connectivity index (χ4n) is 0.957. The van der Waals surface area contributed by atoms with Crippen molar-refractivity contribution in [3.8, 4) is 0 Å². The molecule has 0 saturated heterocycles. The molecule has 0 heterocycles. The fraction of sp³-hybridized carbons (Fsp3) is 1.00. The maximum absolute atomic E-state index is 2.31. The van der Waals surface area contributed by atoms with Gasteiger partial charge in [-0.2, -0.15) is 0 Å². The van der Waals surface area contributed by atoms with Crippen molar-refractivity contribution in [2.24, 2.45) is 17.8 Å². The summed E-state index contributed by atoms with van der Waals surface area (Å²) in [4.78, 5) is 0. The zero-order chi connectivity index (χ0) is 12.6. The minimum atomic E-state index is 0.743. The number of hydrogen-bond donors (Lipinski definition) is 0. The van der Waals surface area contributed by atoms with Gasteiger partial charge in [-0.05, 0) is 35.0 Å². The van der Waals surface area contributed by atoms with Crippen molar-refractivity contribution < 1.29 is 0 Å². The predicted molar refractivity (Wildman–Crippen MR) is 85.7 cm³/mol. The molecule has 0 atom stereocenters. The lowest BCUT2D eigenvalue weighted by atomic mass is 10.3. The zero-order valence-electron chi connectivity index (χ0n) is 11.7. The molecule has 0 rings (SSSR count). The smallest absolute Gasteiger partial charge is 0.0956 e. The number of thioether (sulfide) groups is 3. The molecule has 0 saturated carbocycles. The Bertz CT molecular complexity index is 127. The molecule has 0 radical (unpaired) electrons. The number of rotatable bonds is 9. The van der Waals surface area contributed by atoms with Gasteiger partial charge in [0, 0.05) is 0 Å². The molecule has 16 heavy (non-hydrogen) atoms. The fourth-order valence-corrected chi connectivity index (χ4v) is 5.15. The predicted octanol–water partition coefficient (Wildman–Crippen LogP) is 5.44. The lowest BCUT2D eigenvalue weighted by molar-refractivity contribution is 0.747. The summed E-state index contributed by atoms with van der Waals surface area (Å²) in [6.45, 7) is 13.9. The summed E-state index contributed by atoms with van der Waals surface area (Å²) in [7, 11) is 0. The highest BCUT2D eigenvalue weighted by molar-refractivity contribution is 8.32. The molecule has 0 unspecified atom stereocenters. The Balaban J connectivity index is 3.85. The summed E-state index contributed by atoms with van der Waals surface area (Å²) in [6.07, 6.45) is 0. The van der Waals surface area contributed by atoms with Gasteiger partial charge in [0.25, 0.3) is 0 Å². The van der Waals surface area contributed by atoms with Gasteiger partial charge >= 0.3 is 0 Å². The molecule has 0 bridgehead atoms. The molecular weight excluding hydrogens is 252 g/mol. The summed E-state index contributed by atoms with van der Waals surface area (Å²) in [5.74, 6) is 6.31. The summed E-state index contributed by atoms with van der Waals surface area (Å²) in [6, 6.07) is 0. The van der Waals surface area contributed by atoms with Gasteiger partial charge in [0.2, 0.25) is 0 Å². The standard InChI is InChI=1S/C13H28S3/c1-10(2)7-14-13(15-8-11(3)4)16-9-12(5)6/h10-13H,7-9H2,1-6H3. The zero-order valence-corrected chi connectivity index (χ0v) is 14.1. The Kier molecular flexibility index (Phi) is 10.7. The van der Waals surface area contributed by atoms with Crippen LogP contribution >= 0.6 is 35.3 Å². The van der Waals surface area contributed by atoms with Crippen molar-refractivity contribution >= 4 is 35.3 Å². The van der Waals surface area contributed by atoms with Crippen molar-refractivity contribution in [3.05, 3.63) is 0 Å². The van der Waals surface area contributed by atoms with Gasteiger partial charge in [-0.3, -0.25) is 0 Å². The third-order valence-electron chi connectivity index (χ3n) is 1.70. The summed E-state index contributed by atoms with van der Waals surface area (Å²) in [5, 5.41) is 0. The van der Waals surface area contributed by atoms with Crippen molar-refractivity contribution in [1.29, 1.82) is 0 Å². The van der Waals surface area contributed by atoms with Crippen LogP contribution in [0.2, 0.25) is 0 Å². The minimum absolute atomic E-state index is 0.743. The SMILES string of the molecule is CC(C)CSC(SCC(C)C)SCC(C)C. The van der Waals surface area contributed by atoms with Crippen LogP contribution in [0, 0.1) is 17.8 Å². The van der Waals surface area contributed by atoms with Crippen LogP contribution < -0.4 is 0 Å². The largest absolute Gasteiger partial charge is 0.136 e. The normalized spacial score (nSPS) is 12.4. The first-order valence-electron chi connectivity index (χ1n) is 6.26. The highest BCUT2D eigenvalue weighted by Crippen LogP contribution is 2.36. The van der Waals surface area contributed by atoms with Gasteiger partial charge in [-0.15, -0.1) is 35.3 Å². The second kappa shape index (κ2) is 10.0. The van der Waals surface area contributed by atoms with E-state index in [0.29, 0.717) is 0 Å². The Labute approximate surface area is 115 Å². The van der Waals surface area contributed by atoms with Gasteiger partial charge in [-0.1, -0.05) is 41.5 Å². The molecule has 0 aliphatic heterocycles. The maximum atomic E-state index is 2.31. The van der Waals surface area contributed by atoms with Crippen LogP contribution in [-0.4, -0.2) is 21.2 Å². The van der Waals surface area contributed by atoms with E-state index in [0.717, 1.165) is 21.7 Å². The van der Waals surface area contributed by atoms with Crippen LogP contribution in [0.4, 0.5) is 0 Å². The van der Waals surface area contributed by atoms with E-state index in [2.05, 4.69) is 76.8 Å². The van der Waals surface area contributed by atoms with E-state index in [-0.39, 0.29) is 0 Å². The Morgan fingerprint density at radius 3 is 1.00 bits per heavy atom. The van der Waals surface area contributed by atoms with Crippen molar-refractivity contribution in [2.75, 3.05) is 17.3 Å². The van der Waals surface area contributed by atoms with E-state index in [1.807, 2.05) is 0 Å². The Morgan fingerprint density at radius 1 is 0.562 bits per heavy atom. The minimum Gasteiger partial charge on any atom is -0.136 e. The molecular formula is C13H28S3. The van der Waals surface area contributed by atoms with Crippen LogP contribution in [0.5, 0.6) is 0 Å². The van der Waals surface area contributed by atoms with Gasteiger partial charge < -0.3 is 0 Å². The molecule has 0 aromatic carbocycles. The molecule has 0 spiro atoms. The average molecular weight is 281 g/mol. The molecule has 3 heteroatoms. The maximum Gasteiger partial charge on any atom is 0.0956 e. The van der Waals surface area contributed by atoms with Gasteiger partial charge in [0.05, 0.1) is 3.91 Å². The number of hydrogen-bond acceptors (Lipinski definition) is 3. The van der Waals surface area contributed by atoms with Crippen LogP contribution in [0.15, 0.2) is 0 Å². The first kappa shape index (κ1) is 17.1. The van der Waals surface area contributed by atoms with Crippen molar-refractivity contribution in [3.63, 3.8) is 0 Å². The highest BCUT2D eigenvalue weighted by Gasteiger charge is 2.12. The van der Waals surface area contributed by atoms with Gasteiger partial charge in [0.15, 0.2) is 0 Å². The summed E-state index contributed by atoms with van der Waals surface area (Å²) in [5.41, 5.74) is 0. The Morgan fingerprint density at radius 2 is 0.812 bits per heavy atom. The van der Waals surface area contributed by atoms with Crippen molar-refractivity contribution in [2.45, 2.75) is 45.5 Å². The molecule has 0 aromatic rings. The molecule has 0 fully saturated rings. The third-order valence-corrected chi connectivity index (χ3v) is 7.54. The van der Waals surface area contributed by atoms with Crippen molar-refractivity contribution in [1.82, 2.24) is 0 Å². The molecule has 0 aromatic heterocycles. The molecule has 0 aliphatic carbocycles. The van der Waals surface area contributed by atoms with E-state index >= 15 is 0 Å². The Hall–Kier alpha value is 1.05. The van der Waals surface area contributed by atoms with Gasteiger partial charge in [0.1, 0.15) is 0 Å². The van der Waals surface area contributed by atoms with E-state index in [1.165, 1.54) is 17.3 Å². The summed E-state index contributed by atoms with van der Waals surface area (Å²) >= 11 is 6.42. The van der Waals surface area contributed by atoms with Gasteiger partial charge in [-0.25, -0.2) is 0 Å². The van der Waals surface area contributed by atoms with Crippen LogP contribution in [0.3, 0.4) is 0 Å². The monoisotopic (exact) mass is 280 g/mol. The second-order valence-electron chi connectivity index (χ2n) is 5.47. The first-order chi connectivity index (χ1) is 7.41. The lowest BCUT2D eigenvalue weighted by Gasteiger charge is -2.19. The molecule has 0 amide bonds. The lowest BCUT2D eigenvalue weighted by Crippen LogP contribution is -2.04. The van der Waals surface area contributed by atoms with E-state index in [9.17, 15) is 0 Å². The molecule has 0 aliphatic rings. The van der Waals surface area contributed by atoms with E-state index in [1.54, 1.807) is 0 Å². The molecule has 0 N–H and O–H groups in total. The average Bonchev–Trinajstić information content (AvgIpc) is 2.15. The van der Waals surface area contributed by atoms with E-state index in [4.69, 9.17) is 0 Å². The third kappa shape index (κ3) is 11.5. The molecule has 98 valence electrons. The first-order valence-corrected chi connectivity index (χ1v) is 9.41. The van der Waals surface area contributed by atoms with Crippen LogP contribution in [-0.2, 0) is 0 Å². The second-order valence-corrected chi connectivity index (χ2v) is 9.78. The summed E-state index contributed by atoms with van der Waals surface area (Å²) < 4.78 is 0.743. The molecule has 0 nitrogen and oxygen atoms in total. The highest BCUT2D eigenvalue weighted by atomic mass is 32.3. The quantitative estimate of drug-likeness (QED) is 0.516. The van der Waals surface area contributed by atoms with Crippen LogP contribution in [0.1, 0.15) is 41.5 Å².